The number of carbonyl (C=O) groups excluding carboxylic acids is 2. The van der Waals surface area contributed by atoms with E-state index in [0.29, 0.717) is 22.8 Å². The zero-order valence-corrected chi connectivity index (χ0v) is 20.0. The molecule has 2 aromatic carbocycles. The van der Waals surface area contributed by atoms with Crippen molar-refractivity contribution in [2.45, 2.75) is 17.9 Å². The van der Waals surface area contributed by atoms with Gasteiger partial charge < -0.3 is 29.6 Å². The summed E-state index contributed by atoms with van der Waals surface area (Å²) in [5, 5.41) is 5.14. The molecule has 2 N–H and O–H groups in total. The molecule has 0 aliphatic carbocycles. The van der Waals surface area contributed by atoms with Gasteiger partial charge in [-0.05, 0) is 36.8 Å². The molecular formula is C23H26N2O8S. The molecule has 0 spiro atoms. The Bertz CT molecular complexity index is 1180. The Morgan fingerprint density at radius 1 is 1.00 bits per heavy atom. The van der Waals surface area contributed by atoms with Crippen molar-refractivity contribution in [1.82, 2.24) is 10.6 Å². The van der Waals surface area contributed by atoms with E-state index in [9.17, 15) is 18.0 Å². The number of amides is 2. The summed E-state index contributed by atoms with van der Waals surface area (Å²) < 4.78 is 47.4. The number of sulfone groups is 1. The number of rotatable bonds is 9. The van der Waals surface area contributed by atoms with Crippen LogP contribution in [-0.4, -0.2) is 54.1 Å². The molecule has 0 radical (unpaired) electrons. The van der Waals surface area contributed by atoms with Crippen molar-refractivity contribution in [3.63, 3.8) is 0 Å². The van der Waals surface area contributed by atoms with Crippen LogP contribution < -0.4 is 24.8 Å². The summed E-state index contributed by atoms with van der Waals surface area (Å²) in [5.41, 5.74) is 0.280. The number of hydrogen-bond acceptors (Lipinski definition) is 8. The summed E-state index contributed by atoms with van der Waals surface area (Å²) in [6.07, 6.45) is 0. The van der Waals surface area contributed by atoms with Crippen LogP contribution in [0.15, 0.2) is 58.6 Å². The molecular weight excluding hydrogens is 464 g/mol. The molecule has 10 nitrogen and oxygen atoms in total. The van der Waals surface area contributed by atoms with Gasteiger partial charge in [-0.3, -0.25) is 0 Å². The number of esters is 1. The fraction of sp³-hybridized carbons (Fsp3) is 0.304. The number of nitrogens with one attached hydrogen (secondary N) is 2. The van der Waals surface area contributed by atoms with Gasteiger partial charge in [0.25, 0.3) is 0 Å². The highest BCUT2D eigenvalue weighted by Crippen LogP contribution is 2.41. The molecule has 0 aromatic heterocycles. The lowest BCUT2D eigenvalue weighted by Crippen LogP contribution is -2.47. The molecule has 11 heteroatoms. The van der Waals surface area contributed by atoms with Gasteiger partial charge in [0.05, 0.1) is 50.2 Å². The molecule has 0 saturated carbocycles. The lowest BCUT2D eigenvalue weighted by Gasteiger charge is -2.30. The van der Waals surface area contributed by atoms with E-state index in [-0.39, 0.29) is 22.8 Å². The monoisotopic (exact) mass is 490 g/mol. The molecule has 0 fully saturated rings. The van der Waals surface area contributed by atoms with E-state index >= 15 is 0 Å². The Balaban J connectivity index is 2.18. The average molecular weight is 491 g/mol. The number of hydrogen-bond donors (Lipinski definition) is 2. The number of benzene rings is 2. The third-order valence-electron chi connectivity index (χ3n) is 5.11. The molecule has 34 heavy (non-hydrogen) atoms. The van der Waals surface area contributed by atoms with Gasteiger partial charge in [0, 0.05) is 5.70 Å². The normalized spacial score (nSPS) is 15.8. The summed E-state index contributed by atoms with van der Waals surface area (Å²) in [7, 11) is 0.428. The van der Waals surface area contributed by atoms with Crippen LogP contribution in [0.3, 0.4) is 0 Å². The van der Waals surface area contributed by atoms with Crippen LogP contribution in [0.4, 0.5) is 4.79 Å². The number of methoxy groups -OCH3 is 3. The van der Waals surface area contributed by atoms with E-state index in [4.69, 9.17) is 18.9 Å². The van der Waals surface area contributed by atoms with Crippen LogP contribution in [-0.2, 0) is 19.4 Å². The number of carbonyl (C=O) groups is 2. The molecule has 1 heterocycles. The van der Waals surface area contributed by atoms with E-state index in [1.807, 2.05) is 0 Å². The lowest BCUT2D eigenvalue weighted by atomic mass is 9.95. The molecule has 2 aromatic rings. The maximum Gasteiger partial charge on any atom is 0.338 e. The van der Waals surface area contributed by atoms with Crippen molar-refractivity contribution < 1.29 is 37.0 Å². The smallest absolute Gasteiger partial charge is 0.338 e. The zero-order valence-electron chi connectivity index (χ0n) is 19.2. The Morgan fingerprint density at radius 3 is 2.15 bits per heavy atom. The molecule has 3 rings (SSSR count). The number of urea groups is 1. The van der Waals surface area contributed by atoms with Crippen molar-refractivity contribution >= 4 is 21.8 Å². The van der Waals surface area contributed by atoms with Crippen LogP contribution >= 0.6 is 0 Å². The van der Waals surface area contributed by atoms with Crippen LogP contribution in [0, 0.1) is 0 Å². The predicted octanol–water partition coefficient (Wildman–Crippen LogP) is 2.36. The summed E-state index contributed by atoms with van der Waals surface area (Å²) in [5.74, 6) is -0.466. The number of ether oxygens (including phenoxy) is 4. The van der Waals surface area contributed by atoms with Crippen molar-refractivity contribution in [1.29, 1.82) is 0 Å². The van der Waals surface area contributed by atoms with Gasteiger partial charge in [-0.15, -0.1) is 0 Å². The molecule has 182 valence electrons. The highest BCUT2D eigenvalue weighted by atomic mass is 32.2. The van der Waals surface area contributed by atoms with Crippen molar-refractivity contribution in [2.75, 3.05) is 33.7 Å². The van der Waals surface area contributed by atoms with Gasteiger partial charge in [-0.2, -0.15) is 0 Å². The van der Waals surface area contributed by atoms with Gasteiger partial charge in [-0.1, -0.05) is 18.2 Å². The topological polar surface area (TPSA) is 129 Å². The molecule has 0 bridgehead atoms. The Kier molecular flexibility index (Phi) is 7.67. The average Bonchev–Trinajstić information content (AvgIpc) is 2.83. The third-order valence-corrected chi connectivity index (χ3v) is 6.77. The van der Waals surface area contributed by atoms with Crippen LogP contribution in [0.1, 0.15) is 18.5 Å². The van der Waals surface area contributed by atoms with Gasteiger partial charge in [-0.25, -0.2) is 18.0 Å². The second-order valence-electron chi connectivity index (χ2n) is 7.17. The fourth-order valence-electron chi connectivity index (χ4n) is 3.60. The van der Waals surface area contributed by atoms with E-state index in [1.54, 1.807) is 37.3 Å². The first-order valence-corrected chi connectivity index (χ1v) is 12.0. The Hall–Kier alpha value is -3.73. The standard InChI is InChI=1S/C23H26N2O8S/c1-5-33-22(26)19-16(13-34(28,29)15-9-7-6-8-10-15)24-23(27)25-20(19)14-11-17(30-2)21(32-4)18(12-14)31-3/h6-12,20H,5,13H2,1-4H3,(H2,24,25,27)/t20-/m1/s1. The predicted molar refractivity (Wildman–Crippen MR) is 123 cm³/mol. The van der Waals surface area contributed by atoms with Gasteiger partial charge in [0.15, 0.2) is 21.3 Å². The molecule has 0 saturated heterocycles. The molecule has 0 unspecified atom stereocenters. The highest BCUT2D eigenvalue weighted by molar-refractivity contribution is 7.91. The van der Waals surface area contributed by atoms with Gasteiger partial charge >= 0.3 is 12.0 Å². The van der Waals surface area contributed by atoms with E-state index in [2.05, 4.69) is 10.6 Å². The molecule has 2 amide bonds. The third kappa shape index (κ3) is 5.09. The van der Waals surface area contributed by atoms with Crippen molar-refractivity contribution in [3.05, 3.63) is 59.3 Å². The second kappa shape index (κ2) is 10.5. The molecule has 1 aliphatic heterocycles. The minimum atomic E-state index is -3.88. The maximum absolute atomic E-state index is 13.0. The minimum Gasteiger partial charge on any atom is -0.493 e. The lowest BCUT2D eigenvalue weighted by molar-refractivity contribution is -0.139. The van der Waals surface area contributed by atoms with Gasteiger partial charge in [0.1, 0.15) is 0 Å². The Morgan fingerprint density at radius 2 is 1.62 bits per heavy atom. The summed E-state index contributed by atoms with van der Waals surface area (Å²) in [4.78, 5) is 25.6. The molecule has 1 atom stereocenters. The van der Waals surface area contributed by atoms with E-state index < -0.39 is 33.6 Å². The SMILES string of the molecule is CCOC(=O)C1=C(CS(=O)(=O)c2ccccc2)NC(=O)N[C@@H]1c1cc(OC)c(OC)c(OC)c1. The van der Waals surface area contributed by atoms with Crippen LogP contribution in [0.25, 0.3) is 0 Å². The zero-order chi connectivity index (χ0) is 24.9. The largest absolute Gasteiger partial charge is 0.493 e. The fourth-order valence-corrected chi connectivity index (χ4v) is 4.95. The maximum atomic E-state index is 13.0. The molecule has 1 aliphatic rings. The van der Waals surface area contributed by atoms with Gasteiger partial charge in [0.2, 0.25) is 5.75 Å². The first kappa shape index (κ1) is 24.9. The summed E-state index contributed by atoms with van der Waals surface area (Å²) >= 11 is 0. The first-order chi connectivity index (χ1) is 16.2. The van der Waals surface area contributed by atoms with Crippen molar-refractivity contribution in [2.24, 2.45) is 0 Å². The van der Waals surface area contributed by atoms with Crippen LogP contribution in [0.5, 0.6) is 17.2 Å². The Labute approximate surface area is 197 Å². The van der Waals surface area contributed by atoms with E-state index in [0.717, 1.165) is 0 Å². The first-order valence-electron chi connectivity index (χ1n) is 10.3. The second-order valence-corrected chi connectivity index (χ2v) is 9.16. The highest BCUT2D eigenvalue weighted by Gasteiger charge is 2.36. The van der Waals surface area contributed by atoms with Crippen LogP contribution in [0.2, 0.25) is 0 Å². The van der Waals surface area contributed by atoms with Crippen molar-refractivity contribution in [3.8, 4) is 17.2 Å². The summed E-state index contributed by atoms with van der Waals surface area (Å²) in [6, 6.07) is 9.18. The van der Waals surface area contributed by atoms with E-state index in [1.165, 1.54) is 33.5 Å². The quantitative estimate of drug-likeness (QED) is 0.513. The minimum absolute atomic E-state index is 0.0461. The summed E-state index contributed by atoms with van der Waals surface area (Å²) in [6.45, 7) is 1.68.